The number of hydrogen-bond donors (Lipinski definition) is 1. The Kier molecular flexibility index (Phi) is 6.73. The normalized spacial score (nSPS) is 11.9. The molecule has 27 heavy (non-hydrogen) atoms. The Labute approximate surface area is 161 Å². The molecular formula is C20H27NO5S. The fraction of sp³-hybridized carbons (Fsp3) is 0.400. The van der Waals surface area contributed by atoms with Gasteiger partial charge in [0.1, 0.15) is 28.8 Å². The highest BCUT2D eigenvalue weighted by Crippen LogP contribution is 2.28. The van der Waals surface area contributed by atoms with E-state index >= 15 is 0 Å². The zero-order valence-electron chi connectivity index (χ0n) is 16.4. The van der Waals surface area contributed by atoms with Crippen LogP contribution in [-0.2, 0) is 15.4 Å². The number of hydrogen-bond acceptors (Lipinski definition) is 5. The molecular weight excluding hydrogens is 366 g/mol. The molecule has 0 spiro atoms. The molecule has 0 heterocycles. The SMILES string of the molecule is COc1ccc(OC)c(S(=O)(=O)NCCOc2cccc(C(C)(C)C)c2)c1. The van der Waals surface area contributed by atoms with E-state index in [1.165, 1.54) is 20.3 Å². The zero-order valence-corrected chi connectivity index (χ0v) is 17.2. The average Bonchev–Trinajstić information content (AvgIpc) is 2.64. The quantitative estimate of drug-likeness (QED) is 0.696. The fourth-order valence-corrected chi connectivity index (χ4v) is 3.66. The number of benzene rings is 2. The Morgan fingerprint density at radius 1 is 0.963 bits per heavy atom. The molecule has 0 aliphatic heterocycles. The molecule has 0 atom stereocenters. The van der Waals surface area contributed by atoms with Crippen molar-refractivity contribution >= 4 is 10.0 Å². The van der Waals surface area contributed by atoms with Crippen molar-refractivity contribution in [3.8, 4) is 17.2 Å². The first-order valence-electron chi connectivity index (χ1n) is 8.62. The topological polar surface area (TPSA) is 73.9 Å². The standard InChI is InChI=1S/C20H27NO5S/c1-20(2,3)15-7-6-8-17(13-15)26-12-11-21-27(22,23)19-14-16(24-4)9-10-18(19)25-5/h6-10,13-14,21H,11-12H2,1-5H3. The van der Waals surface area contributed by atoms with E-state index in [4.69, 9.17) is 14.2 Å². The van der Waals surface area contributed by atoms with Gasteiger partial charge in [-0.2, -0.15) is 0 Å². The maximum absolute atomic E-state index is 12.6. The number of methoxy groups -OCH3 is 2. The molecule has 0 saturated heterocycles. The second kappa shape index (κ2) is 8.63. The number of sulfonamides is 1. The molecule has 0 bridgehead atoms. The Bertz CT molecular complexity index is 872. The summed E-state index contributed by atoms with van der Waals surface area (Å²) in [6.45, 7) is 6.72. The lowest BCUT2D eigenvalue weighted by Gasteiger charge is -2.19. The van der Waals surface area contributed by atoms with Crippen molar-refractivity contribution in [2.24, 2.45) is 0 Å². The van der Waals surface area contributed by atoms with E-state index in [1.807, 2.05) is 24.3 Å². The molecule has 0 radical (unpaired) electrons. The van der Waals surface area contributed by atoms with Gasteiger partial charge in [-0.3, -0.25) is 0 Å². The molecule has 0 saturated carbocycles. The molecule has 0 amide bonds. The number of rotatable bonds is 8. The molecule has 2 aromatic rings. The lowest BCUT2D eigenvalue weighted by molar-refractivity contribution is 0.321. The Balaban J connectivity index is 2.01. The highest BCUT2D eigenvalue weighted by atomic mass is 32.2. The number of nitrogens with one attached hydrogen (secondary N) is 1. The molecule has 148 valence electrons. The minimum Gasteiger partial charge on any atom is -0.497 e. The smallest absolute Gasteiger partial charge is 0.244 e. The van der Waals surface area contributed by atoms with E-state index in [1.54, 1.807) is 12.1 Å². The molecule has 1 N–H and O–H groups in total. The van der Waals surface area contributed by atoms with E-state index in [0.717, 1.165) is 5.56 Å². The highest BCUT2D eigenvalue weighted by Gasteiger charge is 2.20. The minimum atomic E-state index is -3.76. The second-order valence-corrected chi connectivity index (χ2v) is 8.78. The first-order valence-corrected chi connectivity index (χ1v) is 10.1. The van der Waals surface area contributed by atoms with Crippen LogP contribution in [0.1, 0.15) is 26.3 Å². The summed E-state index contributed by atoms with van der Waals surface area (Å²) in [7, 11) is -0.856. The van der Waals surface area contributed by atoms with Crippen LogP contribution in [-0.4, -0.2) is 35.8 Å². The molecule has 0 fully saturated rings. The predicted molar refractivity (Wildman–Crippen MR) is 105 cm³/mol. The predicted octanol–water partition coefficient (Wildman–Crippen LogP) is 3.36. The van der Waals surface area contributed by atoms with Crippen molar-refractivity contribution in [2.45, 2.75) is 31.1 Å². The summed E-state index contributed by atoms with van der Waals surface area (Å²) in [5, 5.41) is 0. The fourth-order valence-electron chi connectivity index (χ4n) is 2.47. The summed E-state index contributed by atoms with van der Waals surface area (Å²) < 4.78 is 43.6. The lowest BCUT2D eigenvalue weighted by atomic mass is 9.87. The van der Waals surface area contributed by atoms with Crippen LogP contribution in [0.15, 0.2) is 47.4 Å². The molecule has 2 rings (SSSR count). The van der Waals surface area contributed by atoms with Gasteiger partial charge in [-0.15, -0.1) is 0 Å². The van der Waals surface area contributed by atoms with Crippen molar-refractivity contribution in [1.82, 2.24) is 4.72 Å². The van der Waals surface area contributed by atoms with Gasteiger partial charge in [-0.05, 0) is 35.2 Å². The van der Waals surface area contributed by atoms with Crippen LogP contribution in [0.3, 0.4) is 0 Å². The van der Waals surface area contributed by atoms with Gasteiger partial charge >= 0.3 is 0 Å². The largest absolute Gasteiger partial charge is 0.497 e. The third kappa shape index (κ3) is 5.61. The molecule has 0 aliphatic carbocycles. The first-order chi connectivity index (χ1) is 12.7. The van der Waals surface area contributed by atoms with Crippen LogP contribution in [0.5, 0.6) is 17.2 Å². The van der Waals surface area contributed by atoms with Crippen LogP contribution in [0.4, 0.5) is 0 Å². The van der Waals surface area contributed by atoms with Gasteiger partial charge < -0.3 is 14.2 Å². The summed E-state index contributed by atoms with van der Waals surface area (Å²) >= 11 is 0. The van der Waals surface area contributed by atoms with Crippen LogP contribution < -0.4 is 18.9 Å². The number of ether oxygens (including phenoxy) is 3. The van der Waals surface area contributed by atoms with Gasteiger partial charge in [0.25, 0.3) is 0 Å². The van der Waals surface area contributed by atoms with E-state index in [9.17, 15) is 8.42 Å². The van der Waals surface area contributed by atoms with Crippen LogP contribution in [0.2, 0.25) is 0 Å². The van der Waals surface area contributed by atoms with Crippen molar-refractivity contribution in [1.29, 1.82) is 0 Å². The molecule has 0 unspecified atom stereocenters. The summed E-state index contributed by atoms with van der Waals surface area (Å²) in [5.74, 6) is 1.40. The van der Waals surface area contributed by atoms with Crippen molar-refractivity contribution in [3.63, 3.8) is 0 Å². The van der Waals surface area contributed by atoms with Crippen LogP contribution in [0.25, 0.3) is 0 Å². The summed E-state index contributed by atoms with van der Waals surface area (Å²) in [4.78, 5) is 0.0269. The summed E-state index contributed by atoms with van der Waals surface area (Å²) in [5.41, 5.74) is 1.17. The van der Waals surface area contributed by atoms with Gasteiger partial charge in [0.2, 0.25) is 10.0 Å². The van der Waals surface area contributed by atoms with Crippen molar-refractivity contribution in [3.05, 3.63) is 48.0 Å². The second-order valence-electron chi connectivity index (χ2n) is 7.04. The average molecular weight is 394 g/mol. The van der Waals surface area contributed by atoms with E-state index in [0.29, 0.717) is 11.5 Å². The monoisotopic (exact) mass is 393 g/mol. The van der Waals surface area contributed by atoms with Gasteiger partial charge in [0.15, 0.2) is 0 Å². The van der Waals surface area contributed by atoms with Crippen LogP contribution >= 0.6 is 0 Å². The van der Waals surface area contributed by atoms with Gasteiger partial charge in [-0.1, -0.05) is 32.9 Å². The molecule has 0 aliphatic rings. The molecule has 2 aromatic carbocycles. The third-order valence-electron chi connectivity index (χ3n) is 4.02. The summed E-state index contributed by atoms with van der Waals surface area (Å²) in [6.07, 6.45) is 0. The van der Waals surface area contributed by atoms with Crippen LogP contribution in [0, 0.1) is 0 Å². The molecule has 7 heteroatoms. The Morgan fingerprint density at radius 3 is 2.33 bits per heavy atom. The zero-order chi connectivity index (χ0) is 20.1. The maximum Gasteiger partial charge on any atom is 0.244 e. The van der Waals surface area contributed by atoms with Crippen molar-refractivity contribution in [2.75, 3.05) is 27.4 Å². The minimum absolute atomic E-state index is 0.0177. The summed E-state index contributed by atoms with van der Waals surface area (Å²) in [6, 6.07) is 12.4. The third-order valence-corrected chi connectivity index (χ3v) is 5.51. The maximum atomic E-state index is 12.6. The van der Waals surface area contributed by atoms with E-state index < -0.39 is 10.0 Å². The molecule has 0 aromatic heterocycles. The first kappa shape index (κ1) is 21.1. The Morgan fingerprint density at radius 2 is 1.70 bits per heavy atom. The Hall–Kier alpha value is -2.25. The highest BCUT2D eigenvalue weighted by molar-refractivity contribution is 7.89. The van der Waals surface area contributed by atoms with Gasteiger partial charge in [0.05, 0.1) is 14.2 Å². The van der Waals surface area contributed by atoms with Crippen molar-refractivity contribution < 1.29 is 22.6 Å². The molecule has 6 nitrogen and oxygen atoms in total. The van der Waals surface area contributed by atoms with Gasteiger partial charge in [-0.25, -0.2) is 13.1 Å². The van der Waals surface area contributed by atoms with E-state index in [-0.39, 0.29) is 29.2 Å². The van der Waals surface area contributed by atoms with E-state index in [2.05, 4.69) is 25.5 Å². The lowest BCUT2D eigenvalue weighted by Crippen LogP contribution is -2.28. The van der Waals surface area contributed by atoms with Gasteiger partial charge in [0, 0.05) is 12.6 Å².